The highest BCUT2D eigenvalue weighted by Gasteiger charge is 2.04. The molecule has 0 unspecified atom stereocenters. The number of benzene rings is 1. The minimum Gasteiger partial charge on any atom is -0.495 e. The number of ether oxygens (including phenoxy) is 1. The summed E-state index contributed by atoms with van der Waals surface area (Å²) in [6.07, 6.45) is 3.49. The second-order valence-electron chi connectivity index (χ2n) is 3.36. The average molecular weight is 358 g/mol. The van der Waals surface area contributed by atoms with Crippen molar-refractivity contribution >= 4 is 43.2 Å². The van der Waals surface area contributed by atoms with Crippen LogP contribution in [0.5, 0.6) is 5.75 Å². The Morgan fingerprint density at radius 2 is 1.94 bits per heavy atom. The van der Waals surface area contributed by atoms with E-state index in [1.165, 1.54) is 0 Å². The van der Waals surface area contributed by atoms with Crippen LogP contribution in [0, 0.1) is 0 Å². The van der Waals surface area contributed by atoms with Gasteiger partial charge in [0.1, 0.15) is 5.75 Å². The van der Waals surface area contributed by atoms with Gasteiger partial charge >= 0.3 is 0 Å². The molecule has 17 heavy (non-hydrogen) atoms. The van der Waals surface area contributed by atoms with E-state index in [-0.39, 0.29) is 0 Å². The molecule has 0 aliphatic heterocycles. The van der Waals surface area contributed by atoms with Gasteiger partial charge in [-0.15, -0.1) is 0 Å². The Kier molecular flexibility index (Phi) is 4.02. The lowest BCUT2D eigenvalue weighted by Gasteiger charge is -2.11. The first-order chi connectivity index (χ1) is 8.19. The topological polar surface area (TPSA) is 34.1 Å². The zero-order chi connectivity index (χ0) is 12.3. The van der Waals surface area contributed by atoms with Gasteiger partial charge in [-0.25, -0.2) is 0 Å². The van der Waals surface area contributed by atoms with Gasteiger partial charge in [-0.1, -0.05) is 15.9 Å². The molecule has 0 saturated heterocycles. The number of pyridine rings is 1. The van der Waals surface area contributed by atoms with Gasteiger partial charge in [0.2, 0.25) is 0 Å². The van der Waals surface area contributed by atoms with Crippen molar-refractivity contribution in [2.24, 2.45) is 0 Å². The minimum atomic E-state index is 0.785. The van der Waals surface area contributed by atoms with Crippen molar-refractivity contribution in [3.8, 4) is 5.75 Å². The molecule has 0 aliphatic rings. The number of aromatic nitrogens is 1. The standard InChI is InChI=1S/C12H10Br2N2O/c1-17-12-3-2-8(13)5-11(12)16-10-4-9(14)6-15-7-10/h2-7,16H,1H3. The maximum atomic E-state index is 5.29. The molecule has 1 aromatic carbocycles. The van der Waals surface area contributed by atoms with Crippen LogP contribution in [0.3, 0.4) is 0 Å². The summed E-state index contributed by atoms with van der Waals surface area (Å²) in [6, 6.07) is 7.74. The van der Waals surface area contributed by atoms with Crippen molar-refractivity contribution in [1.29, 1.82) is 0 Å². The predicted octanol–water partition coefficient (Wildman–Crippen LogP) is 4.36. The first-order valence-corrected chi connectivity index (χ1v) is 6.49. The van der Waals surface area contributed by atoms with Gasteiger partial charge < -0.3 is 10.1 Å². The molecule has 0 radical (unpaired) electrons. The van der Waals surface area contributed by atoms with Gasteiger partial charge in [0, 0.05) is 15.1 Å². The van der Waals surface area contributed by atoms with E-state index in [0.29, 0.717) is 0 Å². The van der Waals surface area contributed by atoms with E-state index < -0.39 is 0 Å². The number of nitrogens with zero attached hydrogens (tertiary/aromatic N) is 1. The highest BCUT2D eigenvalue weighted by Crippen LogP contribution is 2.30. The van der Waals surface area contributed by atoms with Crippen LogP contribution in [-0.2, 0) is 0 Å². The molecular weight excluding hydrogens is 348 g/mol. The molecule has 0 spiro atoms. The van der Waals surface area contributed by atoms with E-state index in [1.807, 2.05) is 24.3 Å². The number of hydrogen-bond donors (Lipinski definition) is 1. The first-order valence-electron chi connectivity index (χ1n) is 4.90. The molecule has 0 fully saturated rings. The molecule has 1 heterocycles. The van der Waals surface area contributed by atoms with Gasteiger partial charge in [-0.2, -0.15) is 0 Å². The Morgan fingerprint density at radius 1 is 1.12 bits per heavy atom. The van der Waals surface area contributed by atoms with Crippen molar-refractivity contribution in [2.45, 2.75) is 0 Å². The lowest BCUT2D eigenvalue weighted by atomic mass is 10.3. The summed E-state index contributed by atoms with van der Waals surface area (Å²) in [7, 11) is 1.65. The zero-order valence-electron chi connectivity index (χ0n) is 9.08. The maximum absolute atomic E-state index is 5.29. The van der Waals surface area contributed by atoms with Crippen LogP contribution < -0.4 is 10.1 Å². The van der Waals surface area contributed by atoms with Gasteiger partial charge in [0.15, 0.2) is 0 Å². The molecule has 0 saturated carbocycles. The molecule has 1 N–H and O–H groups in total. The Bertz CT molecular complexity index is 532. The van der Waals surface area contributed by atoms with Gasteiger partial charge in [-0.3, -0.25) is 4.98 Å². The third-order valence-corrected chi connectivity index (χ3v) is 3.07. The van der Waals surface area contributed by atoms with Crippen molar-refractivity contribution in [3.63, 3.8) is 0 Å². The summed E-state index contributed by atoms with van der Waals surface area (Å²) in [6.45, 7) is 0. The number of rotatable bonds is 3. The second-order valence-corrected chi connectivity index (χ2v) is 5.19. The Hall–Kier alpha value is -1.07. The molecule has 1 aromatic heterocycles. The number of anilines is 2. The summed E-state index contributed by atoms with van der Waals surface area (Å²) in [5, 5.41) is 3.26. The summed E-state index contributed by atoms with van der Waals surface area (Å²) < 4.78 is 7.20. The quantitative estimate of drug-likeness (QED) is 0.886. The smallest absolute Gasteiger partial charge is 0.142 e. The van der Waals surface area contributed by atoms with E-state index in [4.69, 9.17) is 4.74 Å². The first kappa shape index (κ1) is 12.4. The van der Waals surface area contributed by atoms with Gasteiger partial charge in [0.05, 0.1) is 24.7 Å². The van der Waals surface area contributed by atoms with Crippen molar-refractivity contribution in [3.05, 3.63) is 45.6 Å². The molecule has 0 bridgehead atoms. The van der Waals surface area contributed by atoms with E-state index in [2.05, 4.69) is 42.2 Å². The molecule has 0 aliphatic carbocycles. The maximum Gasteiger partial charge on any atom is 0.142 e. The third-order valence-electron chi connectivity index (χ3n) is 2.15. The Morgan fingerprint density at radius 3 is 2.65 bits per heavy atom. The Labute approximate surface area is 116 Å². The van der Waals surface area contributed by atoms with E-state index in [1.54, 1.807) is 19.5 Å². The average Bonchev–Trinajstić information content (AvgIpc) is 2.29. The van der Waals surface area contributed by atoms with Gasteiger partial charge in [-0.05, 0) is 40.2 Å². The van der Waals surface area contributed by atoms with E-state index in [0.717, 1.165) is 26.1 Å². The van der Waals surface area contributed by atoms with Crippen LogP contribution in [0.25, 0.3) is 0 Å². The van der Waals surface area contributed by atoms with Gasteiger partial charge in [0.25, 0.3) is 0 Å². The summed E-state index contributed by atoms with van der Waals surface area (Å²) in [4.78, 5) is 4.10. The van der Waals surface area contributed by atoms with E-state index >= 15 is 0 Å². The minimum absolute atomic E-state index is 0.785. The summed E-state index contributed by atoms with van der Waals surface area (Å²) in [5.41, 5.74) is 1.79. The molecule has 5 heteroatoms. The number of nitrogens with one attached hydrogen (secondary N) is 1. The number of halogens is 2. The van der Waals surface area contributed by atoms with E-state index in [9.17, 15) is 0 Å². The number of methoxy groups -OCH3 is 1. The summed E-state index contributed by atoms with van der Waals surface area (Å²) >= 11 is 6.82. The fourth-order valence-electron chi connectivity index (χ4n) is 1.41. The lowest BCUT2D eigenvalue weighted by molar-refractivity contribution is 0.417. The van der Waals surface area contributed by atoms with Crippen molar-refractivity contribution < 1.29 is 4.74 Å². The van der Waals surface area contributed by atoms with Crippen LogP contribution in [0.2, 0.25) is 0 Å². The van der Waals surface area contributed by atoms with Crippen molar-refractivity contribution in [1.82, 2.24) is 4.98 Å². The molecule has 2 aromatic rings. The Balaban J connectivity index is 2.32. The molecular formula is C12H10Br2N2O. The molecule has 3 nitrogen and oxygen atoms in total. The van der Waals surface area contributed by atoms with Crippen LogP contribution >= 0.6 is 31.9 Å². The largest absolute Gasteiger partial charge is 0.495 e. The number of hydrogen-bond acceptors (Lipinski definition) is 3. The molecule has 0 atom stereocenters. The van der Waals surface area contributed by atoms with Crippen LogP contribution in [-0.4, -0.2) is 12.1 Å². The fourth-order valence-corrected chi connectivity index (χ4v) is 2.14. The second kappa shape index (κ2) is 5.51. The molecule has 2 rings (SSSR count). The summed E-state index contributed by atoms with van der Waals surface area (Å²) in [5.74, 6) is 0.785. The van der Waals surface area contributed by atoms with Crippen LogP contribution in [0.1, 0.15) is 0 Å². The van der Waals surface area contributed by atoms with Crippen LogP contribution in [0.15, 0.2) is 45.6 Å². The lowest BCUT2D eigenvalue weighted by Crippen LogP contribution is -1.95. The van der Waals surface area contributed by atoms with Crippen molar-refractivity contribution in [2.75, 3.05) is 12.4 Å². The monoisotopic (exact) mass is 356 g/mol. The highest BCUT2D eigenvalue weighted by molar-refractivity contribution is 9.10. The highest BCUT2D eigenvalue weighted by atomic mass is 79.9. The normalized spacial score (nSPS) is 10.1. The predicted molar refractivity (Wildman–Crippen MR) is 75.9 cm³/mol. The fraction of sp³-hybridized carbons (Fsp3) is 0.0833. The third kappa shape index (κ3) is 3.20. The zero-order valence-corrected chi connectivity index (χ0v) is 12.2. The van der Waals surface area contributed by atoms with Crippen LogP contribution in [0.4, 0.5) is 11.4 Å². The molecule has 88 valence electrons. The molecule has 0 amide bonds. The SMILES string of the molecule is COc1ccc(Br)cc1Nc1cncc(Br)c1.